The first-order valence-corrected chi connectivity index (χ1v) is 5.41. The van der Waals surface area contributed by atoms with Gasteiger partial charge in [-0.25, -0.2) is 4.98 Å². The normalized spacial score (nSPS) is 13.2. The van der Waals surface area contributed by atoms with E-state index >= 15 is 0 Å². The van der Waals surface area contributed by atoms with Crippen LogP contribution in [0.25, 0.3) is 0 Å². The molecular formula is C9H16N2OS. The Balaban J connectivity index is 2.36. The van der Waals surface area contributed by atoms with Crippen molar-refractivity contribution >= 4 is 11.3 Å². The number of aromatic nitrogens is 1. The van der Waals surface area contributed by atoms with Crippen molar-refractivity contribution in [1.29, 1.82) is 0 Å². The van der Waals surface area contributed by atoms with Crippen LogP contribution in [0.2, 0.25) is 0 Å². The number of thiazole rings is 1. The lowest BCUT2D eigenvalue weighted by Gasteiger charge is -2.08. The molecule has 13 heavy (non-hydrogen) atoms. The van der Waals surface area contributed by atoms with Gasteiger partial charge in [0.15, 0.2) is 0 Å². The Morgan fingerprint density at radius 1 is 1.69 bits per heavy atom. The van der Waals surface area contributed by atoms with Crippen LogP contribution in [-0.2, 0) is 13.0 Å². The van der Waals surface area contributed by atoms with Crippen LogP contribution in [-0.4, -0.2) is 22.7 Å². The van der Waals surface area contributed by atoms with Crippen LogP contribution in [0.1, 0.15) is 24.5 Å². The molecule has 1 heterocycles. The van der Waals surface area contributed by atoms with Crippen LogP contribution in [0.4, 0.5) is 0 Å². The SMILES string of the molecule is CCc1nc(CNC(C)CO)cs1. The number of aliphatic hydroxyl groups is 1. The summed E-state index contributed by atoms with van der Waals surface area (Å²) in [6.07, 6.45) is 1.00. The monoisotopic (exact) mass is 200 g/mol. The molecule has 4 heteroatoms. The topological polar surface area (TPSA) is 45.2 Å². The molecule has 0 aromatic carbocycles. The Morgan fingerprint density at radius 2 is 2.46 bits per heavy atom. The highest BCUT2D eigenvalue weighted by Gasteiger charge is 2.02. The smallest absolute Gasteiger partial charge is 0.0926 e. The van der Waals surface area contributed by atoms with Gasteiger partial charge < -0.3 is 10.4 Å². The van der Waals surface area contributed by atoms with E-state index in [1.807, 2.05) is 6.92 Å². The van der Waals surface area contributed by atoms with Gasteiger partial charge in [0.2, 0.25) is 0 Å². The summed E-state index contributed by atoms with van der Waals surface area (Å²) in [6.45, 7) is 4.97. The van der Waals surface area contributed by atoms with Crippen molar-refractivity contribution in [2.75, 3.05) is 6.61 Å². The van der Waals surface area contributed by atoms with Crippen molar-refractivity contribution in [3.63, 3.8) is 0 Å². The van der Waals surface area contributed by atoms with Crippen LogP contribution >= 0.6 is 11.3 Å². The first-order valence-electron chi connectivity index (χ1n) is 4.53. The van der Waals surface area contributed by atoms with Gasteiger partial charge in [0.25, 0.3) is 0 Å². The van der Waals surface area contributed by atoms with E-state index < -0.39 is 0 Å². The molecular weight excluding hydrogens is 184 g/mol. The fourth-order valence-electron chi connectivity index (χ4n) is 0.936. The second-order valence-corrected chi connectivity index (χ2v) is 3.99. The average molecular weight is 200 g/mol. The van der Waals surface area contributed by atoms with E-state index in [4.69, 9.17) is 5.11 Å². The second-order valence-electron chi connectivity index (χ2n) is 3.05. The van der Waals surface area contributed by atoms with E-state index in [9.17, 15) is 0 Å². The predicted octanol–water partition coefficient (Wildman–Crippen LogP) is 1.18. The molecule has 0 saturated heterocycles. The largest absolute Gasteiger partial charge is 0.395 e. The molecule has 0 radical (unpaired) electrons. The summed E-state index contributed by atoms with van der Waals surface area (Å²) >= 11 is 1.70. The highest BCUT2D eigenvalue weighted by Crippen LogP contribution is 2.09. The summed E-state index contributed by atoms with van der Waals surface area (Å²) in [6, 6.07) is 0.145. The maximum Gasteiger partial charge on any atom is 0.0926 e. The molecule has 0 saturated carbocycles. The zero-order chi connectivity index (χ0) is 9.68. The van der Waals surface area contributed by atoms with E-state index in [1.165, 1.54) is 5.01 Å². The van der Waals surface area contributed by atoms with Crippen molar-refractivity contribution in [3.8, 4) is 0 Å². The standard InChI is InChI=1S/C9H16N2OS/c1-3-9-11-8(6-13-9)4-10-7(2)5-12/h6-7,10,12H,3-5H2,1-2H3. The quantitative estimate of drug-likeness (QED) is 0.750. The number of nitrogens with zero attached hydrogens (tertiary/aromatic N) is 1. The van der Waals surface area contributed by atoms with Crippen LogP contribution in [0.3, 0.4) is 0 Å². The Morgan fingerprint density at radius 3 is 3.00 bits per heavy atom. The third-order valence-corrected chi connectivity index (χ3v) is 2.85. The van der Waals surface area contributed by atoms with Crippen LogP contribution in [0.15, 0.2) is 5.38 Å². The number of aryl methyl sites for hydroxylation is 1. The van der Waals surface area contributed by atoms with E-state index in [1.54, 1.807) is 11.3 Å². The minimum Gasteiger partial charge on any atom is -0.395 e. The Labute approximate surface area is 82.8 Å². The molecule has 0 fully saturated rings. The molecule has 2 N–H and O–H groups in total. The molecule has 74 valence electrons. The molecule has 0 amide bonds. The van der Waals surface area contributed by atoms with E-state index in [-0.39, 0.29) is 12.6 Å². The lowest BCUT2D eigenvalue weighted by atomic mass is 10.3. The zero-order valence-electron chi connectivity index (χ0n) is 8.08. The lowest BCUT2D eigenvalue weighted by Crippen LogP contribution is -2.28. The molecule has 1 rings (SSSR count). The van der Waals surface area contributed by atoms with Gasteiger partial charge in [-0.15, -0.1) is 11.3 Å². The molecule has 0 bridgehead atoms. The van der Waals surface area contributed by atoms with Gasteiger partial charge in [-0.1, -0.05) is 6.92 Å². The molecule has 0 spiro atoms. The lowest BCUT2D eigenvalue weighted by molar-refractivity contribution is 0.250. The minimum atomic E-state index is 0.145. The molecule has 1 unspecified atom stereocenters. The first-order chi connectivity index (χ1) is 6.26. The minimum absolute atomic E-state index is 0.145. The maximum absolute atomic E-state index is 8.78. The number of nitrogens with one attached hydrogen (secondary N) is 1. The van der Waals surface area contributed by atoms with E-state index in [2.05, 4.69) is 22.6 Å². The molecule has 1 atom stereocenters. The number of aliphatic hydroxyl groups excluding tert-OH is 1. The van der Waals surface area contributed by atoms with Crippen molar-refractivity contribution in [2.24, 2.45) is 0 Å². The molecule has 0 aliphatic heterocycles. The Kier molecular flexibility index (Phi) is 4.35. The summed E-state index contributed by atoms with van der Waals surface area (Å²) < 4.78 is 0. The number of hydrogen-bond acceptors (Lipinski definition) is 4. The van der Waals surface area contributed by atoms with Gasteiger partial charge in [0, 0.05) is 18.0 Å². The predicted molar refractivity (Wildman–Crippen MR) is 54.9 cm³/mol. The molecule has 0 aliphatic carbocycles. The van der Waals surface area contributed by atoms with Crippen LogP contribution in [0.5, 0.6) is 0 Å². The average Bonchev–Trinajstić information content (AvgIpc) is 2.61. The second kappa shape index (κ2) is 5.32. The first kappa shape index (κ1) is 10.6. The summed E-state index contributed by atoms with van der Waals surface area (Å²) in [4.78, 5) is 4.41. The van der Waals surface area contributed by atoms with Gasteiger partial charge in [-0.3, -0.25) is 0 Å². The molecule has 3 nitrogen and oxygen atoms in total. The highest BCUT2D eigenvalue weighted by molar-refractivity contribution is 7.09. The Bertz CT molecular complexity index is 250. The van der Waals surface area contributed by atoms with Crippen molar-refractivity contribution < 1.29 is 5.11 Å². The van der Waals surface area contributed by atoms with Gasteiger partial charge in [0.05, 0.1) is 17.3 Å². The summed E-state index contributed by atoms with van der Waals surface area (Å²) in [5.74, 6) is 0. The highest BCUT2D eigenvalue weighted by atomic mass is 32.1. The maximum atomic E-state index is 8.78. The number of rotatable bonds is 5. The zero-order valence-corrected chi connectivity index (χ0v) is 8.90. The molecule has 0 aliphatic rings. The molecule has 1 aromatic heterocycles. The summed E-state index contributed by atoms with van der Waals surface area (Å²) in [7, 11) is 0. The van der Waals surface area contributed by atoms with E-state index in [0.29, 0.717) is 0 Å². The fourth-order valence-corrected chi connectivity index (χ4v) is 1.68. The molecule has 1 aromatic rings. The van der Waals surface area contributed by atoms with Gasteiger partial charge >= 0.3 is 0 Å². The Hall–Kier alpha value is -0.450. The van der Waals surface area contributed by atoms with Crippen molar-refractivity contribution in [2.45, 2.75) is 32.9 Å². The fraction of sp³-hybridized carbons (Fsp3) is 0.667. The van der Waals surface area contributed by atoms with Crippen LogP contribution in [0, 0.1) is 0 Å². The van der Waals surface area contributed by atoms with Gasteiger partial charge in [0.1, 0.15) is 0 Å². The third kappa shape index (κ3) is 3.42. The van der Waals surface area contributed by atoms with Gasteiger partial charge in [-0.05, 0) is 13.3 Å². The third-order valence-electron chi connectivity index (χ3n) is 1.81. The number of hydrogen-bond donors (Lipinski definition) is 2. The van der Waals surface area contributed by atoms with E-state index in [0.717, 1.165) is 18.7 Å². The van der Waals surface area contributed by atoms with Crippen molar-refractivity contribution in [3.05, 3.63) is 16.1 Å². The van der Waals surface area contributed by atoms with Crippen molar-refractivity contribution in [1.82, 2.24) is 10.3 Å². The summed E-state index contributed by atoms with van der Waals surface area (Å²) in [5, 5.41) is 15.2. The summed E-state index contributed by atoms with van der Waals surface area (Å²) in [5.41, 5.74) is 1.07. The van der Waals surface area contributed by atoms with Gasteiger partial charge in [-0.2, -0.15) is 0 Å². The van der Waals surface area contributed by atoms with Crippen LogP contribution < -0.4 is 5.32 Å².